The lowest BCUT2D eigenvalue weighted by Gasteiger charge is -2.21. The van der Waals surface area contributed by atoms with Crippen LogP contribution in [0.4, 0.5) is 0 Å². The van der Waals surface area contributed by atoms with Crippen LogP contribution in [-0.4, -0.2) is 5.91 Å². The van der Waals surface area contributed by atoms with E-state index in [-0.39, 0.29) is 11.9 Å². The Morgan fingerprint density at radius 1 is 1.09 bits per heavy atom. The summed E-state index contributed by atoms with van der Waals surface area (Å²) in [6.07, 6.45) is 5.65. The van der Waals surface area contributed by atoms with E-state index in [2.05, 4.69) is 43.4 Å². The second kappa shape index (κ2) is 6.99. The number of carbonyl (C=O) groups excluding carboxylic acids is 1. The number of benzene rings is 2. The number of aryl methyl sites for hydroxylation is 3. The Balaban J connectivity index is 1.79. The second-order valence-corrected chi connectivity index (χ2v) is 6.48. The van der Waals surface area contributed by atoms with Gasteiger partial charge in [0.05, 0.1) is 6.04 Å². The first kappa shape index (κ1) is 15.8. The predicted octanol–water partition coefficient (Wildman–Crippen LogP) is 4.75. The van der Waals surface area contributed by atoms with E-state index >= 15 is 0 Å². The zero-order chi connectivity index (χ0) is 16.2. The van der Waals surface area contributed by atoms with Crippen LogP contribution in [0.25, 0.3) is 0 Å². The normalized spacial score (nSPS) is 14.9. The van der Waals surface area contributed by atoms with E-state index in [1.54, 1.807) is 0 Å². The molecule has 2 nitrogen and oxygen atoms in total. The second-order valence-electron chi connectivity index (χ2n) is 6.48. The lowest BCUT2D eigenvalue weighted by Crippen LogP contribution is -2.28. The van der Waals surface area contributed by atoms with Gasteiger partial charge in [-0.05, 0) is 73.4 Å². The Morgan fingerprint density at radius 2 is 1.83 bits per heavy atom. The Bertz CT molecular complexity index is 705. The van der Waals surface area contributed by atoms with Gasteiger partial charge in [-0.1, -0.05) is 37.3 Å². The maximum atomic E-state index is 12.7. The van der Waals surface area contributed by atoms with Crippen molar-refractivity contribution >= 4 is 5.91 Å². The zero-order valence-electron chi connectivity index (χ0n) is 14.1. The van der Waals surface area contributed by atoms with Gasteiger partial charge in [0.1, 0.15) is 0 Å². The van der Waals surface area contributed by atoms with Crippen molar-refractivity contribution in [1.82, 2.24) is 5.32 Å². The fraction of sp³-hybridized carbons (Fsp3) is 0.381. The van der Waals surface area contributed by atoms with Crippen molar-refractivity contribution in [2.45, 2.75) is 52.0 Å². The third kappa shape index (κ3) is 3.47. The van der Waals surface area contributed by atoms with E-state index in [0.29, 0.717) is 0 Å². The number of hydrogen-bond acceptors (Lipinski definition) is 1. The zero-order valence-corrected chi connectivity index (χ0v) is 14.1. The van der Waals surface area contributed by atoms with Gasteiger partial charge < -0.3 is 5.32 Å². The lowest BCUT2D eigenvalue weighted by atomic mass is 9.90. The first-order valence-electron chi connectivity index (χ1n) is 8.67. The highest BCUT2D eigenvalue weighted by atomic mass is 16.1. The summed E-state index contributed by atoms with van der Waals surface area (Å²) in [5.41, 5.74) is 6.00. The number of carbonyl (C=O) groups is 1. The monoisotopic (exact) mass is 307 g/mol. The first-order chi connectivity index (χ1) is 11.2. The van der Waals surface area contributed by atoms with Gasteiger partial charge in [-0.2, -0.15) is 0 Å². The van der Waals surface area contributed by atoms with Crippen LogP contribution >= 0.6 is 0 Å². The van der Waals surface area contributed by atoms with E-state index < -0.39 is 0 Å². The van der Waals surface area contributed by atoms with E-state index in [4.69, 9.17) is 0 Å². The molecule has 0 bridgehead atoms. The molecule has 0 spiro atoms. The Morgan fingerprint density at radius 3 is 2.57 bits per heavy atom. The first-order valence-corrected chi connectivity index (χ1v) is 8.67. The molecular weight excluding hydrogens is 282 g/mol. The molecule has 120 valence electrons. The van der Waals surface area contributed by atoms with Crippen molar-refractivity contribution < 1.29 is 4.79 Å². The average Bonchev–Trinajstić information content (AvgIpc) is 2.59. The molecule has 0 saturated carbocycles. The van der Waals surface area contributed by atoms with Gasteiger partial charge in [0, 0.05) is 5.56 Å². The SMILES string of the molecule is CC[C@H](NC(=O)c1ccc2c(c1)CCCC2)c1ccccc1C. The molecule has 1 N–H and O–H groups in total. The van der Waals surface area contributed by atoms with Gasteiger partial charge in [0.15, 0.2) is 0 Å². The molecule has 3 rings (SSSR count). The molecule has 2 aromatic carbocycles. The number of nitrogens with one attached hydrogen (secondary N) is 1. The number of hydrogen-bond donors (Lipinski definition) is 1. The molecule has 0 fully saturated rings. The van der Waals surface area contributed by atoms with Gasteiger partial charge in [-0.25, -0.2) is 0 Å². The number of amides is 1. The standard InChI is InChI=1S/C21H25NO/c1-3-20(19-11-7-4-8-15(19)2)22-21(23)18-13-12-16-9-5-6-10-17(16)14-18/h4,7-8,11-14,20H,3,5-6,9-10H2,1-2H3,(H,22,23)/t20-/m0/s1. The van der Waals surface area contributed by atoms with Crippen LogP contribution in [0, 0.1) is 6.92 Å². The Hall–Kier alpha value is -2.09. The van der Waals surface area contributed by atoms with Gasteiger partial charge in [-0.15, -0.1) is 0 Å². The maximum absolute atomic E-state index is 12.7. The summed E-state index contributed by atoms with van der Waals surface area (Å²) in [5, 5.41) is 3.21. The molecule has 2 aromatic rings. The van der Waals surface area contributed by atoms with Crippen molar-refractivity contribution in [1.29, 1.82) is 0 Å². The van der Waals surface area contributed by atoms with Gasteiger partial charge in [-0.3, -0.25) is 4.79 Å². The fourth-order valence-corrected chi connectivity index (χ4v) is 3.49. The smallest absolute Gasteiger partial charge is 0.251 e. The van der Waals surface area contributed by atoms with Crippen LogP contribution < -0.4 is 5.32 Å². The lowest BCUT2D eigenvalue weighted by molar-refractivity contribution is 0.0935. The molecular formula is C21H25NO. The topological polar surface area (TPSA) is 29.1 Å². The summed E-state index contributed by atoms with van der Waals surface area (Å²) < 4.78 is 0. The van der Waals surface area contributed by atoms with Crippen molar-refractivity contribution in [3.63, 3.8) is 0 Å². The highest BCUT2D eigenvalue weighted by molar-refractivity contribution is 5.94. The van der Waals surface area contributed by atoms with Crippen LogP contribution in [0.5, 0.6) is 0 Å². The molecule has 0 unspecified atom stereocenters. The van der Waals surface area contributed by atoms with Crippen LogP contribution in [0.15, 0.2) is 42.5 Å². The maximum Gasteiger partial charge on any atom is 0.251 e. The highest BCUT2D eigenvalue weighted by Gasteiger charge is 2.17. The van der Waals surface area contributed by atoms with Crippen molar-refractivity contribution in [2.75, 3.05) is 0 Å². The molecule has 1 atom stereocenters. The molecule has 0 radical (unpaired) electrons. The van der Waals surface area contributed by atoms with Crippen LogP contribution in [0.3, 0.4) is 0 Å². The summed E-state index contributed by atoms with van der Waals surface area (Å²) in [5.74, 6) is 0.0356. The Labute approximate surface area is 138 Å². The van der Waals surface area contributed by atoms with Gasteiger partial charge in [0.25, 0.3) is 5.91 Å². The van der Waals surface area contributed by atoms with Crippen LogP contribution in [0.1, 0.15) is 64.8 Å². The summed E-state index contributed by atoms with van der Waals surface area (Å²) in [6, 6.07) is 14.6. The van der Waals surface area contributed by atoms with Gasteiger partial charge >= 0.3 is 0 Å². The van der Waals surface area contributed by atoms with Crippen LogP contribution in [0.2, 0.25) is 0 Å². The molecule has 23 heavy (non-hydrogen) atoms. The minimum atomic E-state index is 0.0356. The molecule has 0 heterocycles. The van der Waals surface area contributed by atoms with E-state index in [9.17, 15) is 4.79 Å². The van der Waals surface area contributed by atoms with Crippen molar-refractivity contribution in [3.8, 4) is 0 Å². The van der Waals surface area contributed by atoms with E-state index in [1.165, 1.54) is 35.1 Å². The fourth-order valence-electron chi connectivity index (χ4n) is 3.49. The van der Waals surface area contributed by atoms with Crippen molar-refractivity contribution in [3.05, 3.63) is 70.3 Å². The Kier molecular flexibility index (Phi) is 4.80. The molecule has 1 amide bonds. The summed E-state index contributed by atoms with van der Waals surface area (Å²) in [6.45, 7) is 4.22. The molecule has 1 aliphatic rings. The largest absolute Gasteiger partial charge is 0.345 e. The minimum absolute atomic E-state index is 0.0356. The van der Waals surface area contributed by atoms with E-state index in [1.807, 2.05) is 18.2 Å². The molecule has 0 saturated heterocycles. The highest BCUT2D eigenvalue weighted by Crippen LogP contribution is 2.24. The molecule has 1 aliphatic carbocycles. The molecule has 0 aliphatic heterocycles. The summed E-state index contributed by atoms with van der Waals surface area (Å²) >= 11 is 0. The van der Waals surface area contributed by atoms with Gasteiger partial charge in [0.2, 0.25) is 0 Å². The third-order valence-electron chi connectivity index (χ3n) is 4.89. The number of fused-ring (bicyclic) bond motifs is 1. The number of rotatable bonds is 4. The van der Waals surface area contributed by atoms with E-state index in [0.717, 1.165) is 24.8 Å². The van der Waals surface area contributed by atoms with Crippen molar-refractivity contribution in [2.24, 2.45) is 0 Å². The summed E-state index contributed by atoms with van der Waals surface area (Å²) in [7, 11) is 0. The van der Waals surface area contributed by atoms with Crippen LogP contribution in [-0.2, 0) is 12.8 Å². The minimum Gasteiger partial charge on any atom is -0.345 e. The molecule has 2 heteroatoms. The predicted molar refractivity (Wildman–Crippen MR) is 94.8 cm³/mol. The third-order valence-corrected chi connectivity index (χ3v) is 4.89. The quantitative estimate of drug-likeness (QED) is 0.867. The average molecular weight is 307 g/mol. The summed E-state index contributed by atoms with van der Waals surface area (Å²) in [4.78, 5) is 12.7. The molecule has 0 aromatic heterocycles.